The number of benzene rings is 1. The second kappa shape index (κ2) is 7.26. The van der Waals surface area contributed by atoms with Crippen molar-refractivity contribution in [1.29, 1.82) is 0 Å². The zero-order valence-electron chi connectivity index (χ0n) is 14.2. The quantitative estimate of drug-likeness (QED) is 0.773. The van der Waals surface area contributed by atoms with Gasteiger partial charge >= 0.3 is 12.0 Å². The minimum atomic E-state index is -0.749. The Kier molecular flexibility index (Phi) is 5.08. The van der Waals surface area contributed by atoms with Crippen LogP contribution in [0.2, 0.25) is 0 Å². The van der Waals surface area contributed by atoms with Crippen molar-refractivity contribution < 1.29 is 19.4 Å². The van der Waals surface area contributed by atoms with Crippen LogP contribution in [-0.4, -0.2) is 35.2 Å². The first kappa shape index (κ1) is 17.5. The number of aryl methyl sites for hydroxylation is 1. The van der Waals surface area contributed by atoms with Gasteiger partial charge in [0, 0.05) is 12.1 Å². The van der Waals surface area contributed by atoms with E-state index in [-0.39, 0.29) is 18.0 Å². The molecule has 0 bridgehead atoms. The Bertz CT molecular complexity index is 797. The Balaban J connectivity index is 1.64. The summed E-state index contributed by atoms with van der Waals surface area (Å²) in [5, 5.41) is 15.7. The predicted molar refractivity (Wildman–Crippen MR) is 96.4 cm³/mol. The minimum Gasteiger partial charge on any atom is -0.494 e. The molecule has 1 aliphatic rings. The lowest BCUT2D eigenvalue weighted by Crippen LogP contribution is -2.41. The lowest BCUT2D eigenvalue weighted by Gasteiger charge is -2.26. The summed E-state index contributed by atoms with van der Waals surface area (Å²) in [5.74, 6) is -0.485. The van der Waals surface area contributed by atoms with Gasteiger partial charge in [-0.25, -0.2) is 9.78 Å². The summed E-state index contributed by atoms with van der Waals surface area (Å²) in [6, 6.07) is 3.36. The van der Waals surface area contributed by atoms with Gasteiger partial charge in [-0.3, -0.25) is 4.79 Å². The van der Waals surface area contributed by atoms with Crippen LogP contribution in [0.15, 0.2) is 12.1 Å². The Morgan fingerprint density at radius 2 is 2.00 bits per heavy atom. The molecule has 0 saturated heterocycles. The molecule has 1 heterocycles. The highest BCUT2D eigenvalue weighted by molar-refractivity contribution is 7.18. The van der Waals surface area contributed by atoms with Crippen LogP contribution < -0.4 is 15.4 Å². The van der Waals surface area contributed by atoms with Crippen molar-refractivity contribution in [2.75, 3.05) is 12.4 Å². The van der Waals surface area contributed by atoms with E-state index in [1.165, 1.54) is 0 Å². The van der Waals surface area contributed by atoms with Gasteiger partial charge in [0.2, 0.25) is 0 Å². The largest absolute Gasteiger partial charge is 0.494 e. The first-order chi connectivity index (χ1) is 12.0. The molecule has 2 amide bonds. The van der Waals surface area contributed by atoms with Crippen molar-refractivity contribution in [2.24, 2.45) is 5.92 Å². The second-order valence-corrected chi connectivity index (χ2v) is 7.47. The van der Waals surface area contributed by atoms with Crippen LogP contribution >= 0.6 is 11.3 Å². The normalized spacial score (nSPS) is 20.2. The number of nitrogens with zero attached hydrogens (tertiary/aromatic N) is 1. The van der Waals surface area contributed by atoms with Crippen LogP contribution in [0.4, 0.5) is 10.5 Å². The maximum absolute atomic E-state index is 12.3. The standard InChI is InChI=1S/C17H21N3O4S/c1-9-18-13-7-14(24-2)12(8-15(13)25-9)20-17(23)19-11-5-3-10(4-6-11)16(21)22/h7-8,10-11H,3-6H2,1-2H3,(H,21,22)(H2,19,20,23). The van der Waals surface area contributed by atoms with Crippen molar-refractivity contribution in [3.63, 3.8) is 0 Å². The molecule has 1 aromatic carbocycles. The van der Waals surface area contributed by atoms with Gasteiger partial charge in [-0.15, -0.1) is 11.3 Å². The number of anilines is 1. The smallest absolute Gasteiger partial charge is 0.319 e. The van der Waals surface area contributed by atoms with E-state index in [4.69, 9.17) is 9.84 Å². The maximum atomic E-state index is 12.3. The van der Waals surface area contributed by atoms with Gasteiger partial charge in [0.05, 0.1) is 33.9 Å². The number of aliphatic carboxylic acids is 1. The Morgan fingerprint density at radius 1 is 1.28 bits per heavy atom. The van der Waals surface area contributed by atoms with Crippen molar-refractivity contribution in [3.8, 4) is 5.75 Å². The summed E-state index contributed by atoms with van der Waals surface area (Å²) in [6.07, 6.45) is 2.54. The summed E-state index contributed by atoms with van der Waals surface area (Å²) < 4.78 is 6.33. The number of nitrogens with one attached hydrogen (secondary N) is 2. The number of carboxylic acids is 1. The number of carbonyl (C=O) groups excluding carboxylic acids is 1. The zero-order chi connectivity index (χ0) is 18.0. The SMILES string of the molecule is COc1cc2nc(C)sc2cc1NC(=O)NC1CCC(C(=O)O)CC1. The fourth-order valence-electron chi connectivity index (χ4n) is 3.16. The first-order valence-electron chi connectivity index (χ1n) is 8.21. The minimum absolute atomic E-state index is 0.00373. The number of methoxy groups -OCH3 is 1. The topological polar surface area (TPSA) is 101 Å². The lowest BCUT2D eigenvalue weighted by atomic mass is 9.86. The average molecular weight is 363 g/mol. The molecule has 1 aromatic heterocycles. The van der Waals surface area contributed by atoms with Crippen LogP contribution in [0, 0.1) is 12.8 Å². The molecule has 0 spiro atoms. The third kappa shape index (κ3) is 4.01. The van der Waals surface area contributed by atoms with E-state index in [0.29, 0.717) is 37.1 Å². The van der Waals surface area contributed by atoms with Gasteiger partial charge in [0.15, 0.2) is 0 Å². The molecule has 1 saturated carbocycles. The van der Waals surface area contributed by atoms with Crippen molar-refractivity contribution in [2.45, 2.75) is 38.6 Å². The van der Waals surface area contributed by atoms with Crippen molar-refractivity contribution in [1.82, 2.24) is 10.3 Å². The summed E-state index contributed by atoms with van der Waals surface area (Å²) >= 11 is 1.56. The lowest BCUT2D eigenvalue weighted by molar-refractivity contribution is -0.142. The Morgan fingerprint density at radius 3 is 2.64 bits per heavy atom. The van der Waals surface area contributed by atoms with Crippen LogP contribution in [0.3, 0.4) is 0 Å². The zero-order valence-corrected chi connectivity index (χ0v) is 15.0. The number of aromatic nitrogens is 1. The number of amides is 2. The maximum Gasteiger partial charge on any atom is 0.319 e. The van der Waals surface area contributed by atoms with E-state index in [1.807, 2.05) is 19.1 Å². The molecule has 0 radical (unpaired) electrons. The van der Waals surface area contributed by atoms with E-state index in [2.05, 4.69) is 15.6 Å². The third-order valence-corrected chi connectivity index (χ3v) is 5.41. The highest BCUT2D eigenvalue weighted by Crippen LogP contribution is 2.33. The highest BCUT2D eigenvalue weighted by Gasteiger charge is 2.26. The molecule has 3 rings (SSSR count). The van der Waals surface area contributed by atoms with Gasteiger partial charge in [0.25, 0.3) is 0 Å². The molecule has 0 unspecified atom stereocenters. The second-order valence-electron chi connectivity index (χ2n) is 6.24. The number of rotatable bonds is 4. The van der Waals surface area contributed by atoms with E-state index in [1.54, 1.807) is 18.4 Å². The number of carboxylic acid groups (broad SMARTS) is 1. The van der Waals surface area contributed by atoms with E-state index < -0.39 is 5.97 Å². The van der Waals surface area contributed by atoms with Crippen molar-refractivity contribution in [3.05, 3.63) is 17.1 Å². The fraction of sp³-hybridized carbons (Fsp3) is 0.471. The monoisotopic (exact) mass is 363 g/mol. The van der Waals surface area contributed by atoms with Crippen LogP contribution in [-0.2, 0) is 4.79 Å². The van der Waals surface area contributed by atoms with E-state index in [9.17, 15) is 9.59 Å². The van der Waals surface area contributed by atoms with E-state index in [0.717, 1.165) is 15.2 Å². The molecule has 0 atom stereocenters. The third-order valence-electron chi connectivity index (χ3n) is 4.48. The first-order valence-corrected chi connectivity index (χ1v) is 9.03. The van der Waals surface area contributed by atoms with Gasteiger partial charge < -0.3 is 20.5 Å². The summed E-state index contributed by atoms with van der Waals surface area (Å²) in [6.45, 7) is 1.93. The number of ether oxygens (including phenoxy) is 1. The van der Waals surface area contributed by atoms with E-state index >= 15 is 0 Å². The molecule has 2 aromatic rings. The predicted octanol–water partition coefficient (Wildman–Crippen LogP) is 3.38. The molecule has 0 aliphatic heterocycles. The van der Waals surface area contributed by atoms with Gasteiger partial charge in [-0.05, 0) is 38.7 Å². The molecule has 134 valence electrons. The van der Waals surface area contributed by atoms with Crippen LogP contribution in [0.25, 0.3) is 10.2 Å². The molecular formula is C17H21N3O4S. The number of hydrogen-bond donors (Lipinski definition) is 3. The molecule has 7 nitrogen and oxygen atoms in total. The highest BCUT2D eigenvalue weighted by atomic mass is 32.1. The van der Waals surface area contributed by atoms with Crippen LogP contribution in [0.5, 0.6) is 5.75 Å². The molecule has 1 fully saturated rings. The fourth-order valence-corrected chi connectivity index (χ4v) is 4.01. The number of thiazole rings is 1. The molecule has 1 aliphatic carbocycles. The summed E-state index contributed by atoms with van der Waals surface area (Å²) in [4.78, 5) is 27.7. The molecule has 8 heteroatoms. The summed E-state index contributed by atoms with van der Waals surface area (Å²) in [7, 11) is 1.55. The molecular weight excluding hydrogens is 342 g/mol. The Labute approximate surface area is 149 Å². The Hall–Kier alpha value is -2.35. The van der Waals surface area contributed by atoms with Gasteiger partial charge in [-0.2, -0.15) is 0 Å². The van der Waals surface area contributed by atoms with Crippen LogP contribution in [0.1, 0.15) is 30.7 Å². The molecule has 25 heavy (non-hydrogen) atoms. The van der Waals surface area contributed by atoms with Gasteiger partial charge in [0.1, 0.15) is 5.75 Å². The number of hydrogen-bond acceptors (Lipinski definition) is 5. The number of carbonyl (C=O) groups is 2. The molecule has 3 N–H and O–H groups in total. The summed E-state index contributed by atoms with van der Waals surface area (Å²) in [5.41, 5.74) is 1.44. The number of fused-ring (bicyclic) bond motifs is 1. The van der Waals surface area contributed by atoms with Gasteiger partial charge in [-0.1, -0.05) is 0 Å². The van der Waals surface area contributed by atoms with Crippen molar-refractivity contribution >= 4 is 39.2 Å². The number of urea groups is 1. The average Bonchev–Trinajstić information content (AvgIpc) is 2.93.